The molecule has 0 aromatic heterocycles. The van der Waals surface area contributed by atoms with Gasteiger partial charge in [0.15, 0.2) is 17.3 Å². The molecular weight excluding hydrogens is 480 g/mol. The number of Topliss-reactive ketones (excluding diaryl/α,β-unsaturated/α-hetero) is 1. The summed E-state index contributed by atoms with van der Waals surface area (Å²) in [7, 11) is 0. The van der Waals surface area contributed by atoms with Gasteiger partial charge in [0.05, 0.1) is 6.61 Å². The maximum absolute atomic E-state index is 12.8. The number of unbranched alkanes of at least 4 members (excludes halogenated alkanes) is 2. The van der Waals surface area contributed by atoms with Crippen LogP contribution in [0.5, 0.6) is 17.2 Å². The number of nitrogens with one attached hydrogen (secondary N) is 2. The third-order valence-corrected chi connectivity index (χ3v) is 6.89. The van der Waals surface area contributed by atoms with E-state index in [9.17, 15) is 9.59 Å². The zero-order chi connectivity index (χ0) is 27.2. The van der Waals surface area contributed by atoms with Gasteiger partial charge >= 0.3 is 0 Å². The topological polar surface area (TPSA) is 85.9 Å². The zero-order valence-electron chi connectivity index (χ0n) is 23.2. The summed E-state index contributed by atoms with van der Waals surface area (Å²) in [5, 5.41) is 6.84. The number of carbonyl (C=O) groups excluding carboxylic acids is 2. The molecule has 1 unspecified atom stereocenters. The van der Waals surface area contributed by atoms with Crippen LogP contribution in [0.3, 0.4) is 0 Å². The molecule has 2 aromatic carbocycles. The van der Waals surface area contributed by atoms with E-state index < -0.39 is 0 Å². The van der Waals surface area contributed by atoms with Crippen molar-refractivity contribution in [1.82, 2.24) is 10.6 Å². The van der Waals surface area contributed by atoms with Crippen molar-refractivity contribution in [2.75, 3.05) is 26.4 Å². The summed E-state index contributed by atoms with van der Waals surface area (Å²) >= 11 is 0. The fourth-order valence-electron chi connectivity index (χ4n) is 4.66. The van der Waals surface area contributed by atoms with E-state index in [1.54, 1.807) is 0 Å². The second-order valence-corrected chi connectivity index (χ2v) is 9.81. The molecule has 1 heterocycles. The van der Waals surface area contributed by atoms with Crippen molar-refractivity contribution < 1.29 is 23.8 Å². The van der Waals surface area contributed by atoms with Gasteiger partial charge < -0.3 is 24.8 Å². The van der Waals surface area contributed by atoms with E-state index in [1.165, 1.54) is 0 Å². The molecule has 0 radical (unpaired) electrons. The molecular formula is C31H44N2O5. The molecule has 1 atom stereocenters. The van der Waals surface area contributed by atoms with E-state index >= 15 is 0 Å². The minimum Gasteiger partial charge on any atom is -0.494 e. The lowest BCUT2D eigenvalue weighted by molar-refractivity contribution is -0.121. The third kappa shape index (κ3) is 9.67. The van der Waals surface area contributed by atoms with Crippen LogP contribution in [-0.4, -0.2) is 50.1 Å². The average molecular weight is 525 g/mol. The van der Waals surface area contributed by atoms with Gasteiger partial charge in [-0.3, -0.25) is 9.59 Å². The van der Waals surface area contributed by atoms with Gasteiger partial charge in [-0.1, -0.05) is 26.3 Å². The van der Waals surface area contributed by atoms with Crippen LogP contribution < -0.4 is 24.8 Å². The van der Waals surface area contributed by atoms with Crippen LogP contribution in [0.2, 0.25) is 0 Å². The van der Waals surface area contributed by atoms with E-state index in [0.29, 0.717) is 57.2 Å². The number of ether oxygens (including phenoxy) is 3. The first-order valence-corrected chi connectivity index (χ1v) is 14.2. The Kier molecular flexibility index (Phi) is 12.4. The van der Waals surface area contributed by atoms with Crippen LogP contribution in [0.25, 0.3) is 0 Å². The standard InChI is InChI=1S/C31H44N2O5/c1-4-25(5-2)32-22-26(20-23-12-17-29-30(21-23)38-19-18-37-29)33-31(35)11-9-7-8-10-28(34)24-13-15-27(16-14-24)36-6-3/h12-17,21,25-26,32H,4-11,18-20,22H2,1-3H3,(H,33,35). The van der Waals surface area contributed by atoms with Gasteiger partial charge in [-0.2, -0.15) is 0 Å². The minimum atomic E-state index is -0.0214. The molecule has 7 heteroatoms. The molecule has 7 nitrogen and oxygen atoms in total. The maximum Gasteiger partial charge on any atom is 0.220 e. The van der Waals surface area contributed by atoms with Crippen molar-refractivity contribution in [2.45, 2.75) is 84.2 Å². The third-order valence-electron chi connectivity index (χ3n) is 6.89. The lowest BCUT2D eigenvalue weighted by Crippen LogP contribution is -2.45. The van der Waals surface area contributed by atoms with E-state index in [2.05, 4.69) is 24.5 Å². The fourth-order valence-corrected chi connectivity index (χ4v) is 4.66. The molecule has 0 fully saturated rings. The van der Waals surface area contributed by atoms with Crippen LogP contribution in [0.4, 0.5) is 0 Å². The summed E-state index contributed by atoms with van der Waals surface area (Å²) in [6.07, 6.45) is 6.14. The van der Waals surface area contributed by atoms with E-state index in [1.807, 2.05) is 49.4 Å². The molecule has 0 bridgehead atoms. The molecule has 1 aliphatic heterocycles. The van der Waals surface area contributed by atoms with Crippen molar-refractivity contribution in [1.29, 1.82) is 0 Å². The Balaban J connectivity index is 1.44. The number of hydrogen-bond acceptors (Lipinski definition) is 6. The first-order valence-electron chi connectivity index (χ1n) is 14.2. The lowest BCUT2D eigenvalue weighted by atomic mass is 10.0. The molecule has 2 aromatic rings. The number of fused-ring (bicyclic) bond motifs is 1. The molecule has 0 saturated heterocycles. The predicted molar refractivity (Wildman–Crippen MR) is 150 cm³/mol. The number of carbonyl (C=O) groups is 2. The van der Waals surface area contributed by atoms with Gasteiger partial charge in [0.2, 0.25) is 5.91 Å². The van der Waals surface area contributed by atoms with Crippen LogP contribution in [0.15, 0.2) is 42.5 Å². The SMILES string of the molecule is CCOc1ccc(C(=O)CCCCCC(=O)NC(CNC(CC)CC)Cc2ccc3c(c2)OCCO3)cc1. The molecule has 208 valence electrons. The molecule has 0 aliphatic carbocycles. The minimum absolute atomic E-state index is 0.0214. The van der Waals surface area contributed by atoms with Crippen molar-refractivity contribution in [2.24, 2.45) is 0 Å². The zero-order valence-corrected chi connectivity index (χ0v) is 23.2. The van der Waals surface area contributed by atoms with E-state index in [4.69, 9.17) is 14.2 Å². The first kappa shape index (κ1) is 29.5. The van der Waals surface area contributed by atoms with Crippen LogP contribution >= 0.6 is 0 Å². The van der Waals surface area contributed by atoms with Gasteiger partial charge in [0.1, 0.15) is 19.0 Å². The van der Waals surface area contributed by atoms with Crippen molar-refractivity contribution >= 4 is 11.7 Å². The summed E-state index contributed by atoms with van der Waals surface area (Å²) in [5.41, 5.74) is 1.82. The van der Waals surface area contributed by atoms with Crippen molar-refractivity contribution in [3.63, 3.8) is 0 Å². The highest BCUT2D eigenvalue weighted by molar-refractivity contribution is 5.96. The van der Waals surface area contributed by atoms with Gasteiger partial charge in [0.25, 0.3) is 0 Å². The fraction of sp³-hybridized carbons (Fsp3) is 0.548. The molecule has 3 rings (SSSR count). The van der Waals surface area contributed by atoms with E-state index in [0.717, 1.165) is 54.9 Å². The largest absolute Gasteiger partial charge is 0.494 e. The van der Waals surface area contributed by atoms with Crippen LogP contribution in [0, 0.1) is 0 Å². The lowest BCUT2D eigenvalue weighted by Gasteiger charge is -2.24. The highest BCUT2D eigenvalue weighted by Crippen LogP contribution is 2.31. The van der Waals surface area contributed by atoms with Gasteiger partial charge in [-0.05, 0) is 81.0 Å². The van der Waals surface area contributed by atoms with Crippen LogP contribution in [-0.2, 0) is 11.2 Å². The van der Waals surface area contributed by atoms with Crippen molar-refractivity contribution in [3.8, 4) is 17.2 Å². The normalized spacial score (nSPS) is 13.3. The number of benzene rings is 2. The highest BCUT2D eigenvalue weighted by Gasteiger charge is 2.18. The number of ketones is 1. The Morgan fingerprint density at radius 1 is 0.868 bits per heavy atom. The molecule has 0 spiro atoms. The first-order chi connectivity index (χ1) is 18.5. The van der Waals surface area contributed by atoms with Crippen LogP contribution in [0.1, 0.15) is 81.6 Å². The van der Waals surface area contributed by atoms with E-state index in [-0.39, 0.29) is 17.7 Å². The summed E-state index contributed by atoms with van der Waals surface area (Å²) in [6.45, 7) is 8.73. The number of rotatable bonds is 17. The Labute approximate surface area is 227 Å². The molecule has 38 heavy (non-hydrogen) atoms. The second kappa shape index (κ2) is 16.0. The quantitative estimate of drug-likeness (QED) is 0.210. The predicted octanol–water partition coefficient (Wildman–Crippen LogP) is 5.50. The molecule has 2 N–H and O–H groups in total. The number of amides is 1. The summed E-state index contributed by atoms with van der Waals surface area (Å²) < 4.78 is 16.8. The maximum atomic E-state index is 12.8. The number of hydrogen-bond donors (Lipinski definition) is 2. The summed E-state index contributed by atoms with van der Waals surface area (Å²) in [6, 6.07) is 13.7. The van der Waals surface area contributed by atoms with Gasteiger partial charge in [-0.15, -0.1) is 0 Å². The van der Waals surface area contributed by atoms with Gasteiger partial charge in [-0.25, -0.2) is 0 Å². The molecule has 0 saturated carbocycles. The second-order valence-electron chi connectivity index (χ2n) is 9.81. The van der Waals surface area contributed by atoms with Gasteiger partial charge in [0, 0.05) is 37.0 Å². The smallest absolute Gasteiger partial charge is 0.220 e. The highest BCUT2D eigenvalue weighted by atomic mass is 16.6. The monoisotopic (exact) mass is 524 g/mol. The Bertz CT molecular complexity index is 1000. The van der Waals surface area contributed by atoms with Crippen molar-refractivity contribution in [3.05, 3.63) is 53.6 Å². The Morgan fingerprint density at radius 2 is 1.58 bits per heavy atom. The summed E-state index contributed by atoms with van der Waals surface area (Å²) in [4.78, 5) is 25.3. The summed E-state index contributed by atoms with van der Waals surface area (Å²) in [5.74, 6) is 2.50. The Morgan fingerprint density at radius 3 is 2.29 bits per heavy atom. The molecule has 1 amide bonds. The Hall–Kier alpha value is -3.06. The molecule has 1 aliphatic rings. The average Bonchev–Trinajstić information content (AvgIpc) is 2.93.